The minimum Gasteiger partial charge on any atom is -0.478 e. The first kappa shape index (κ1) is 18.2. The van der Waals surface area contributed by atoms with Gasteiger partial charge in [-0.25, -0.2) is 4.79 Å². The van der Waals surface area contributed by atoms with Gasteiger partial charge in [-0.2, -0.15) is 23.1 Å². The minimum absolute atomic E-state index is 0.0279. The minimum atomic E-state index is -4.87. The summed E-state index contributed by atoms with van der Waals surface area (Å²) in [5.74, 6) is -0.299. The van der Waals surface area contributed by atoms with E-state index in [1.807, 2.05) is 0 Å². The highest BCUT2D eigenvalue weighted by atomic mass is 19.4. The van der Waals surface area contributed by atoms with Crippen LogP contribution in [-0.4, -0.2) is 27.1 Å². The summed E-state index contributed by atoms with van der Waals surface area (Å²) in [7, 11) is 0. The van der Waals surface area contributed by atoms with Crippen LogP contribution in [0.4, 0.5) is 13.2 Å². The molecular weight excluding hydrogens is 373 g/mol. The van der Waals surface area contributed by atoms with Crippen LogP contribution in [0.5, 0.6) is 6.01 Å². The molecule has 6 atom stereocenters. The number of aromatic nitrogens is 2. The molecule has 4 fully saturated rings. The van der Waals surface area contributed by atoms with Crippen molar-refractivity contribution in [2.45, 2.75) is 69.6 Å². The number of hydrogen-bond donors (Lipinski definition) is 1. The van der Waals surface area contributed by atoms with Gasteiger partial charge >= 0.3 is 18.2 Å². The molecule has 0 amide bonds. The van der Waals surface area contributed by atoms with Gasteiger partial charge in [0.2, 0.25) is 0 Å². The molecule has 28 heavy (non-hydrogen) atoms. The molecule has 152 valence electrons. The summed E-state index contributed by atoms with van der Waals surface area (Å²) in [6, 6.07) is -0.298. The molecule has 4 aliphatic rings. The lowest BCUT2D eigenvalue weighted by molar-refractivity contribution is -0.142. The van der Waals surface area contributed by atoms with Gasteiger partial charge in [-0.1, -0.05) is 6.42 Å². The summed E-state index contributed by atoms with van der Waals surface area (Å²) < 4.78 is 46.9. The van der Waals surface area contributed by atoms with Crippen LogP contribution >= 0.6 is 0 Å². The molecule has 0 spiro atoms. The predicted octanol–water partition coefficient (Wildman–Crippen LogP) is 4.66. The molecule has 1 aromatic heterocycles. The number of aromatic carboxylic acids is 1. The number of ether oxygens (including phenoxy) is 1. The van der Waals surface area contributed by atoms with Crippen molar-refractivity contribution in [1.82, 2.24) is 9.97 Å². The highest BCUT2D eigenvalue weighted by Gasteiger charge is 2.47. The van der Waals surface area contributed by atoms with Crippen molar-refractivity contribution < 1.29 is 27.8 Å². The first-order valence-electron chi connectivity index (χ1n) is 10.2. The van der Waals surface area contributed by atoms with Gasteiger partial charge in [-0.05, 0) is 68.6 Å². The Hall–Kier alpha value is -1.86. The van der Waals surface area contributed by atoms with Crippen LogP contribution in [-0.2, 0) is 6.18 Å². The van der Waals surface area contributed by atoms with Crippen LogP contribution in [0.25, 0.3) is 0 Å². The molecule has 1 heterocycles. The standard InChI is InChI=1S/C20H23F3N2O3/c21-20(22,23)17-15(18(26)27)16(13-7-9-1-3-11(13)5-9)24-19(25-17)28-14-8-10-2-4-12(14)6-10/h9-14H,1-8H2,(H,26,27)/t9-,10-,11-,12-,13-,14-/m1/s1. The van der Waals surface area contributed by atoms with Crippen LogP contribution in [0.1, 0.15) is 79.0 Å². The van der Waals surface area contributed by atoms with E-state index in [2.05, 4.69) is 9.97 Å². The van der Waals surface area contributed by atoms with Crippen molar-refractivity contribution in [3.05, 3.63) is 17.0 Å². The topological polar surface area (TPSA) is 72.3 Å². The summed E-state index contributed by atoms with van der Waals surface area (Å²) in [6.07, 6.45) is 2.63. The highest BCUT2D eigenvalue weighted by Crippen LogP contribution is 2.54. The number of carboxylic acid groups (broad SMARTS) is 1. The summed E-state index contributed by atoms with van der Waals surface area (Å²) in [5.41, 5.74) is -2.13. The third-order valence-corrected chi connectivity index (χ3v) is 7.42. The van der Waals surface area contributed by atoms with Crippen molar-refractivity contribution in [1.29, 1.82) is 0 Å². The van der Waals surface area contributed by atoms with E-state index in [-0.39, 0.29) is 29.6 Å². The Morgan fingerprint density at radius 1 is 0.964 bits per heavy atom. The van der Waals surface area contributed by atoms with Crippen molar-refractivity contribution in [3.8, 4) is 6.01 Å². The van der Waals surface area contributed by atoms with Gasteiger partial charge in [0.1, 0.15) is 11.7 Å². The van der Waals surface area contributed by atoms with Gasteiger partial charge in [0.15, 0.2) is 5.69 Å². The molecule has 1 aromatic rings. The van der Waals surface area contributed by atoms with E-state index < -0.39 is 23.4 Å². The summed E-state index contributed by atoms with van der Waals surface area (Å²) in [5, 5.41) is 9.58. The number of fused-ring (bicyclic) bond motifs is 4. The Morgan fingerprint density at radius 3 is 2.14 bits per heavy atom. The molecule has 0 saturated heterocycles. The summed E-state index contributed by atoms with van der Waals surface area (Å²) in [4.78, 5) is 19.7. The van der Waals surface area contributed by atoms with Crippen molar-refractivity contribution in [2.24, 2.45) is 23.7 Å². The van der Waals surface area contributed by atoms with Crippen LogP contribution in [0.3, 0.4) is 0 Å². The zero-order valence-corrected chi connectivity index (χ0v) is 15.4. The molecule has 5 nitrogen and oxygen atoms in total. The lowest BCUT2D eigenvalue weighted by Gasteiger charge is -2.26. The van der Waals surface area contributed by atoms with Crippen LogP contribution in [0, 0.1) is 23.7 Å². The van der Waals surface area contributed by atoms with Gasteiger partial charge in [0.05, 0.1) is 5.69 Å². The van der Waals surface area contributed by atoms with Crippen molar-refractivity contribution in [3.63, 3.8) is 0 Å². The van der Waals surface area contributed by atoms with Crippen molar-refractivity contribution in [2.75, 3.05) is 0 Å². The molecule has 4 bridgehead atoms. The summed E-state index contributed by atoms with van der Waals surface area (Å²) in [6.45, 7) is 0. The Morgan fingerprint density at radius 2 is 1.64 bits per heavy atom. The van der Waals surface area contributed by atoms with Crippen LogP contribution in [0.15, 0.2) is 0 Å². The van der Waals surface area contributed by atoms with Crippen molar-refractivity contribution >= 4 is 5.97 Å². The SMILES string of the molecule is O=C(O)c1c([C@@H]2C[C@@H]3CC[C@@H]2C3)nc(O[C@@H]2C[C@@H]3CC[C@@H]2C3)nc1C(F)(F)F. The number of nitrogens with zero attached hydrogens (tertiary/aromatic N) is 2. The lowest BCUT2D eigenvalue weighted by atomic mass is 9.84. The molecule has 1 N–H and O–H groups in total. The molecule has 0 aliphatic heterocycles. The Bertz CT molecular complexity index is 813. The molecule has 5 rings (SSSR count). The Kier molecular flexibility index (Phi) is 4.11. The number of carboxylic acids is 1. The molecule has 0 radical (unpaired) electrons. The zero-order valence-electron chi connectivity index (χ0n) is 15.4. The fourth-order valence-corrected chi connectivity index (χ4v) is 6.24. The van der Waals surface area contributed by atoms with E-state index in [1.54, 1.807) is 0 Å². The second-order valence-corrected chi connectivity index (χ2v) is 9.03. The van der Waals surface area contributed by atoms with Crippen LogP contribution in [0.2, 0.25) is 0 Å². The van der Waals surface area contributed by atoms with Gasteiger partial charge < -0.3 is 9.84 Å². The largest absolute Gasteiger partial charge is 0.478 e. The average Bonchev–Trinajstić information content (AvgIpc) is 3.41. The second-order valence-electron chi connectivity index (χ2n) is 9.03. The number of rotatable bonds is 4. The number of alkyl halides is 3. The van der Waals surface area contributed by atoms with E-state index >= 15 is 0 Å². The van der Waals surface area contributed by atoms with Gasteiger partial charge in [-0.3, -0.25) is 0 Å². The predicted molar refractivity (Wildman–Crippen MR) is 92.0 cm³/mol. The first-order chi connectivity index (χ1) is 13.3. The van der Waals surface area contributed by atoms with E-state index in [0.717, 1.165) is 44.9 Å². The van der Waals surface area contributed by atoms with Gasteiger partial charge in [0.25, 0.3) is 0 Å². The smallest absolute Gasteiger partial charge is 0.434 e. The maximum Gasteiger partial charge on any atom is 0.434 e. The molecule has 8 heteroatoms. The quantitative estimate of drug-likeness (QED) is 0.801. The lowest BCUT2D eigenvalue weighted by Crippen LogP contribution is -2.27. The maximum absolute atomic E-state index is 13.7. The number of hydrogen-bond acceptors (Lipinski definition) is 4. The van der Waals surface area contributed by atoms with Crippen LogP contribution < -0.4 is 4.74 Å². The van der Waals surface area contributed by atoms with E-state index in [1.165, 1.54) is 0 Å². The molecule has 4 saturated carbocycles. The normalized spacial score (nSPS) is 36.2. The molecule has 0 unspecified atom stereocenters. The number of carbonyl (C=O) groups is 1. The van der Waals surface area contributed by atoms with Gasteiger partial charge in [-0.15, -0.1) is 0 Å². The monoisotopic (exact) mass is 396 g/mol. The fraction of sp³-hybridized carbons (Fsp3) is 0.750. The van der Waals surface area contributed by atoms with E-state index in [4.69, 9.17) is 4.74 Å². The Balaban J connectivity index is 1.56. The average molecular weight is 396 g/mol. The number of halogens is 3. The highest BCUT2D eigenvalue weighted by molar-refractivity contribution is 5.90. The first-order valence-corrected chi connectivity index (χ1v) is 10.2. The molecule has 0 aromatic carbocycles. The Labute approximate surface area is 160 Å². The second kappa shape index (κ2) is 6.32. The molecule has 4 aliphatic carbocycles. The van der Waals surface area contributed by atoms with Gasteiger partial charge in [0, 0.05) is 5.92 Å². The maximum atomic E-state index is 13.7. The van der Waals surface area contributed by atoms with E-state index in [9.17, 15) is 23.1 Å². The third-order valence-electron chi connectivity index (χ3n) is 7.42. The molecular formula is C20H23F3N2O3. The fourth-order valence-electron chi connectivity index (χ4n) is 6.24. The zero-order chi connectivity index (χ0) is 19.6. The van der Waals surface area contributed by atoms with E-state index in [0.29, 0.717) is 24.2 Å². The summed E-state index contributed by atoms with van der Waals surface area (Å²) >= 11 is 0. The third kappa shape index (κ3) is 2.95.